The Morgan fingerprint density at radius 3 is 2.50 bits per heavy atom. The van der Waals surface area contributed by atoms with Gasteiger partial charge in [0, 0.05) is 44.2 Å². The van der Waals surface area contributed by atoms with Crippen molar-refractivity contribution in [2.75, 3.05) is 18.4 Å². The summed E-state index contributed by atoms with van der Waals surface area (Å²) < 4.78 is 0. The minimum Gasteiger partial charge on any atom is -0.390 e. The van der Waals surface area contributed by atoms with E-state index in [1.165, 1.54) is 12.8 Å². The van der Waals surface area contributed by atoms with Gasteiger partial charge in [0.2, 0.25) is 11.9 Å². The monoisotopic (exact) mass is 467 g/mol. The van der Waals surface area contributed by atoms with Crippen LogP contribution in [0, 0.1) is 17.8 Å². The van der Waals surface area contributed by atoms with Crippen LogP contribution in [0.3, 0.4) is 0 Å². The van der Waals surface area contributed by atoms with Crippen LogP contribution in [0.15, 0.2) is 6.20 Å². The normalized spacial score (nSPS) is 36.8. The molecule has 34 heavy (non-hydrogen) atoms. The zero-order chi connectivity index (χ0) is 23.4. The fourth-order valence-electron chi connectivity index (χ4n) is 7.94. The van der Waals surface area contributed by atoms with Crippen LogP contribution in [0.25, 0.3) is 0 Å². The number of hydrogen-bond donors (Lipinski definition) is 3. The molecule has 1 saturated heterocycles. The molecule has 1 aromatic rings. The Bertz CT molecular complexity index is 961. The molecule has 5 saturated carbocycles. The van der Waals surface area contributed by atoms with Gasteiger partial charge < -0.3 is 20.6 Å². The molecule has 6 aliphatic rings. The van der Waals surface area contributed by atoms with Gasteiger partial charge in [-0.15, -0.1) is 0 Å². The van der Waals surface area contributed by atoms with Crippen molar-refractivity contribution >= 4 is 17.8 Å². The van der Waals surface area contributed by atoms with E-state index in [4.69, 9.17) is 4.98 Å². The predicted octanol–water partition coefficient (Wildman–Crippen LogP) is 2.84. The van der Waals surface area contributed by atoms with Crippen molar-refractivity contribution in [3.63, 3.8) is 0 Å². The molecule has 8 heteroatoms. The van der Waals surface area contributed by atoms with E-state index >= 15 is 0 Å². The van der Waals surface area contributed by atoms with Gasteiger partial charge >= 0.3 is 0 Å². The minimum absolute atomic E-state index is 0.0541. The van der Waals surface area contributed by atoms with Gasteiger partial charge in [-0.2, -0.15) is 0 Å². The van der Waals surface area contributed by atoms with Gasteiger partial charge in [-0.25, -0.2) is 9.97 Å². The lowest BCUT2D eigenvalue weighted by Crippen LogP contribution is -2.61. The second kappa shape index (κ2) is 8.47. The van der Waals surface area contributed by atoms with Crippen molar-refractivity contribution in [1.29, 1.82) is 0 Å². The maximum Gasteiger partial charge on any atom is 0.254 e. The van der Waals surface area contributed by atoms with Crippen molar-refractivity contribution in [3.05, 3.63) is 17.5 Å². The molecule has 4 bridgehead atoms. The van der Waals surface area contributed by atoms with E-state index in [-0.39, 0.29) is 23.9 Å². The molecule has 6 fully saturated rings. The summed E-state index contributed by atoms with van der Waals surface area (Å²) in [5.74, 6) is 2.27. The van der Waals surface area contributed by atoms with Gasteiger partial charge in [0.1, 0.15) is 0 Å². The molecule has 8 nitrogen and oxygen atoms in total. The second-order valence-electron chi connectivity index (χ2n) is 11.8. The maximum absolute atomic E-state index is 13.5. The summed E-state index contributed by atoms with van der Waals surface area (Å²) in [5, 5.41) is 17.7. The third-order valence-electron chi connectivity index (χ3n) is 9.31. The average Bonchev–Trinajstić information content (AvgIpc) is 3.47. The van der Waals surface area contributed by atoms with Gasteiger partial charge in [0.25, 0.3) is 5.91 Å². The fraction of sp³-hybridized carbons (Fsp3) is 0.769. The first-order valence-corrected chi connectivity index (χ1v) is 13.3. The van der Waals surface area contributed by atoms with Crippen molar-refractivity contribution < 1.29 is 14.7 Å². The number of hydrogen-bond acceptors (Lipinski definition) is 6. The molecule has 3 N–H and O–H groups in total. The van der Waals surface area contributed by atoms with Crippen LogP contribution in [0.4, 0.5) is 5.95 Å². The zero-order valence-corrected chi connectivity index (χ0v) is 20.1. The van der Waals surface area contributed by atoms with Gasteiger partial charge in [-0.05, 0) is 69.1 Å². The number of carbonyl (C=O) groups excluding carboxylic acids is 2. The molecule has 0 radical (unpaired) electrons. The molecule has 3 unspecified atom stereocenters. The Morgan fingerprint density at radius 2 is 1.85 bits per heavy atom. The number of rotatable bonds is 5. The van der Waals surface area contributed by atoms with E-state index in [2.05, 4.69) is 15.6 Å². The van der Waals surface area contributed by atoms with E-state index in [1.54, 1.807) is 13.1 Å². The van der Waals surface area contributed by atoms with E-state index in [1.807, 2.05) is 4.90 Å². The standard InChI is InChI=1S/C26H37N5O3/c1-15(32)31-7-6-20(14-31)28-25-27-13-21(23(30-25)17-4-2-3-5-17)24(33)29-22-18-8-16-9-19(22)12-26(34,10-16)11-18/h13,16-20,22,34H,2-12,14H2,1H3,(H,29,33)(H,27,28,30)/t16?,18-,19+,20-,22?,26?/m1/s1. The van der Waals surface area contributed by atoms with Crippen LogP contribution < -0.4 is 10.6 Å². The Labute approximate surface area is 201 Å². The number of likely N-dealkylation sites (tertiary alicyclic amines) is 1. The third-order valence-corrected chi connectivity index (χ3v) is 9.31. The molecular weight excluding hydrogens is 430 g/mol. The topological polar surface area (TPSA) is 107 Å². The van der Waals surface area contributed by atoms with Crippen molar-refractivity contribution in [2.45, 2.75) is 94.7 Å². The van der Waals surface area contributed by atoms with Crippen molar-refractivity contribution in [1.82, 2.24) is 20.2 Å². The third kappa shape index (κ3) is 4.08. The fourth-order valence-corrected chi connectivity index (χ4v) is 7.94. The number of aliphatic hydroxyl groups is 1. The highest BCUT2D eigenvalue weighted by Crippen LogP contribution is 2.55. The van der Waals surface area contributed by atoms with E-state index in [9.17, 15) is 14.7 Å². The van der Waals surface area contributed by atoms with Crippen LogP contribution in [-0.2, 0) is 4.79 Å². The van der Waals surface area contributed by atoms with Gasteiger partial charge in [-0.1, -0.05) is 12.8 Å². The van der Waals surface area contributed by atoms with Crippen LogP contribution in [-0.4, -0.2) is 62.6 Å². The van der Waals surface area contributed by atoms with Crippen LogP contribution >= 0.6 is 0 Å². The summed E-state index contributed by atoms with van der Waals surface area (Å²) in [7, 11) is 0. The SMILES string of the molecule is CC(=O)N1CC[C@@H](Nc2ncc(C(=O)NC3[C@@H]4CC5C[C@H]3CC(O)(C5)C4)c(C3CCCC3)n2)C1. The van der Waals surface area contributed by atoms with E-state index < -0.39 is 5.60 Å². The molecular formula is C26H37N5O3. The summed E-state index contributed by atoms with van der Waals surface area (Å²) in [4.78, 5) is 36.5. The molecule has 2 heterocycles. The lowest BCUT2D eigenvalue weighted by Gasteiger charge is -2.58. The highest BCUT2D eigenvalue weighted by molar-refractivity contribution is 5.95. The molecule has 0 spiro atoms. The van der Waals surface area contributed by atoms with E-state index in [0.29, 0.717) is 41.7 Å². The molecule has 184 valence electrons. The number of nitrogens with one attached hydrogen (secondary N) is 2. The maximum atomic E-state index is 13.5. The number of carbonyl (C=O) groups is 2. The lowest BCUT2D eigenvalue weighted by molar-refractivity contribution is -0.137. The number of aromatic nitrogens is 2. The number of anilines is 1. The molecule has 7 rings (SSSR count). The molecule has 1 aliphatic heterocycles. The first-order chi connectivity index (χ1) is 16.4. The first-order valence-electron chi connectivity index (χ1n) is 13.3. The smallest absolute Gasteiger partial charge is 0.254 e. The molecule has 2 amide bonds. The molecule has 1 aromatic heterocycles. The van der Waals surface area contributed by atoms with Crippen LogP contribution in [0.1, 0.15) is 93.1 Å². The Morgan fingerprint density at radius 1 is 1.12 bits per heavy atom. The molecule has 6 atom stereocenters. The Kier molecular flexibility index (Phi) is 5.54. The van der Waals surface area contributed by atoms with Crippen LogP contribution in [0.5, 0.6) is 0 Å². The predicted molar refractivity (Wildman–Crippen MR) is 127 cm³/mol. The summed E-state index contributed by atoms with van der Waals surface area (Å²) in [6.07, 6.45) is 11.9. The summed E-state index contributed by atoms with van der Waals surface area (Å²) in [5.41, 5.74) is 0.986. The quantitative estimate of drug-likeness (QED) is 0.615. The first kappa shape index (κ1) is 22.3. The summed E-state index contributed by atoms with van der Waals surface area (Å²) in [6.45, 7) is 3.02. The minimum atomic E-state index is -0.499. The van der Waals surface area contributed by atoms with Crippen molar-refractivity contribution in [3.8, 4) is 0 Å². The van der Waals surface area contributed by atoms with Gasteiger partial charge in [-0.3, -0.25) is 9.59 Å². The second-order valence-corrected chi connectivity index (χ2v) is 11.8. The summed E-state index contributed by atoms with van der Waals surface area (Å²) in [6, 6.07) is 0.286. The summed E-state index contributed by atoms with van der Waals surface area (Å²) >= 11 is 0. The largest absolute Gasteiger partial charge is 0.390 e. The number of amides is 2. The van der Waals surface area contributed by atoms with E-state index in [0.717, 1.165) is 63.6 Å². The highest BCUT2D eigenvalue weighted by Gasteiger charge is 2.55. The number of nitrogens with zero attached hydrogens (tertiary/aromatic N) is 3. The van der Waals surface area contributed by atoms with Crippen molar-refractivity contribution in [2.24, 2.45) is 17.8 Å². The van der Waals surface area contributed by atoms with Gasteiger partial charge in [0.15, 0.2) is 0 Å². The van der Waals surface area contributed by atoms with Crippen LogP contribution in [0.2, 0.25) is 0 Å². The Balaban J connectivity index is 1.20. The Hall–Kier alpha value is -2.22. The molecule has 0 aromatic carbocycles. The molecule has 5 aliphatic carbocycles. The lowest BCUT2D eigenvalue weighted by atomic mass is 9.52. The highest BCUT2D eigenvalue weighted by atomic mass is 16.3. The zero-order valence-electron chi connectivity index (χ0n) is 20.1. The average molecular weight is 468 g/mol. The van der Waals surface area contributed by atoms with Gasteiger partial charge in [0.05, 0.1) is 16.9 Å².